The number of rotatable bonds is 4. The molecule has 0 spiro atoms. The van der Waals surface area contributed by atoms with Gasteiger partial charge in [-0.25, -0.2) is 4.39 Å². The summed E-state index contributed by atoms with van der Waals surface area (Å²) in [6.45, 7) is 1.43. The van der Waals surface area contributed by atoms with Crippen LogP contribution in [-0.2, 0) is 9.53 Å². The lowest BCUT2D eigenvalue weighted by atomic mass is 10.1. The molecule has 1 fully saturated rings. The molecule has 6 nitrogen and oxygen atoms in total. The highest BCUT2D eigenvalue weighted by atomic mass is 35.5. The molecule has 0 aromatic heterocycles. The van der Waals surface area contributed by atoms with Gasteiger partial charge in [-0.3, -0.25) is 9.59 Å². The van der Waals surface area contributed by atoms with E-state index < -0.39 is 17.8 Å². The largest absolute Gasteiger partial charge is 0.383 e. The summed E-state index contributed by atoms with van der Waals surface area (Å²) in [5.74, 6) is -1.34. The summed E-state index contributed by atoms with van der Waals surface area (Å²) in [5.41, 5.74) is 5.59. The fourth-order valence-corrected chi connectivity index (χ4v) is 2.72. The van der Waals surface area contributed by atoms with Crippen molar-refractivity contribution in [2.45, 2.75) is 6.04 Å². The van der Waals surface area contributed by atoms with Crippen molar-refractivity contribution in [3.05, 3.63) is 34.6 Å². The third-order valence-electron chi connectivity index (χ3n) is 3.72. The average molecular weight is 344 g/mol. The van der Waals surface area contributed by atoms with Crippen molar-refractivity contribution in [1.29, 1.82) is 0 Å². The van der Waals surface area contributed by atoms with E-state index in [2.05, 4.69) is 0 Å². The van der Waals surface area contributed by atoms with E-state index in [-0.39, 0.29) is 23.1 Å². The molecule has 1 atom stereocenters. The number of nitrogens with zero attached hydrogens (tertiary/aromatic N) is 2. The van der Waals surface area contributed by atoms with Gasteiger partial charge in [-0.2, -0.15) is 0 Å². The third kappa shape index (κ3) is 3.99. The maximum atomic E-state index is 13.8. The van der Waals surface area contributed by atoms with Crippen LogP contribution in [-0.4, -0.2) is 67.6 Å². The summed E-state index contributed by atoms with van der Waals surface area (Å²) in [5, 5.41) is 0.0793. The number of ether oxygens (including phenoxy) is 1. The first kappa shape index (κ1) is 17.7. The first-order valence-corrected chi connectivity index (χ1v) is 7.60. The second-order valence-electron chi connectivity index (χ2n) is 5.28. The molecule has 0 radical (unpaired) electrons. The van der Waals surface area contributed by atoms with Gasteiger partial charge < -0.3 is 20.3 Å². The van der Waals surface area contributed by atoms with Gasteiger partial charge in [-0.1, -0.05) is 17.7 Å². The van der Waals surface area contributed by atoms with Gasteiger partial charge in [0, 0.05) is 33.3 Å². The number of piperazine rings is 1. The van der Waals surface area contributed by atoms with Crippen molar-refractivity contribution in [3.8, 4) is 0 Å². The summed E-state index contributed by atoms with van der Waals surface area (Å²) in [6, 6.07) is 3.40. The van der Waals surface area contributed by atoms with Crippen LogP contribution >= 0.6 is 11.6 Å². The Morgan fingerprint density at radius 3 is 2.48 bits per heavy atom. The van der Waals surface area contributed by atoms with E-state index in [4.69, 9.17) is 22.1 Å². The Morgan fingerprint density at radius 1 is 1.30 bits per heavy atom. The number of methoxy groups -OCH3 is 1. The van der Waals surface area contributed by atoms with E-state index in [1.165, 1.54) is 30.2 Å². The van der Waals surface area contributed by atoms with Crippen LogP contribution in [0.2, 0.25) is 5.02 Å². The minimum atomic E-state index is -0.719. The normalized spacial score (nSPS) is 16.3. The molecule has 23 heavy (non-hydrogen) atoms. The van der Waals surface area contributed by atoms with Gasteiger partial charge >= 0.3 is 0 Å². The van der Waals surface area contributed by atoms with Crippen LogP contribution in [0.3, 0.4) is 0 Å². The highest BCUT2D eigenvalue weighted by Gasteiger charge is 2.29. The summed E-state index contributed by atoms with van der Waals surface area (Å²) in [7, 11) is 1.47. The highest BCUT2D eigenvalue weighted by molar-refractivity contribution is 6.33. The van der Waals surface area contributed by atoms with Gasteiger partial charge in [-0.05, 0) is 12.1 Å². The Hall–Kier alpha value is -1.70. The van der Waals surface area contributed by atoms with E-state index in [0.717, 1.165) is 0 Å². The zero-order chi connectivity index (χ0) is 17.0. The summed E-state index contributed by atoms with van der Waals surface area (Å²) < 4.78 is 18.7. The van der Waals surface area contributed by atoms with Gasteiger partial charge in [-0.15, -0.1) is 0 Å². The highest BCUT2D eigenvalue weighted by Crippen LogP contribution is 2.21. The standard InChI is InChI=1S/C15H19ClFN3O3/c1-23-9-12(18)14(21)19-5-7-20(8-6-19)15(22)13-10(16)3-2-4-11(13)17/h2-4,12H,5-9,18H2,1H3. The average Bonchev–Trinajstić information content (AvgIpc) is 2.54. The molecule has 1 unspecified atom stereocenters. The van der Waals surface area contributed by atoms with Gasteiger partial charge in [0.1, 0.15) is 11.9 Å². The number of nitrogens with two attached hydrogens (primary N) is 1. The molecule has 1 heterocycles. The number of hydrogen-bond donors (Lipinski definition) is 1. The third-order valence-corrected chi connectivity index (χ3v) is 4.03. The first-order valence-electron chi connectivity index (χ1n) is 7.22. The number of carbonyl (C=O) groups excluding carboxylic acids is 2. The zero-order valence-corrected chi connectivity index (χ0v) is 13.6. The van der Waals surface area contributed by atoms with Crippen molar-refractivity contribution in [3.63, 3.8) is 0 Å². The smallest absolute Gasteiger partial charge is 0.258 e. The fraction of sp³-hybridized carbons (Fsp3) is 0.467. The van der Waals surface area contributed by atoms with Gasteiger partial charge in [0.25, 0.3) is 5.91 Å². The van der Waals surface area contributed by atoms with Crippen molar-refractivity contribution >= 4 is 23.4 Å². The quantitative estimate of drug-likeness (QED) is 0.874. The van der Waals surface area contributed by atoms with E-state index in [9.17, 15) is 14.0 Å². The maximum absolute atomic E-state index is 13.8. The lowest BCUT2D eigenvalue weighted by Gasteiger charge is -2.36. The number of benzene rings is 1. The maximum Gasteiger partial charge on any atom is 0.258 e. The molecule has 0 aliphatic carbocycles. The van der Waals surface area contributed by atoms with E-state index in [1.54, 1.807) is 4.90 Å². The van der Waals surface area contributed by atoms with Gasteiger partial charge in [0.05, 0.1) is 17.2 Å². The summed E-state index contributed by atoms with van der Waals surface area (Å²) in [4.78, 5) is 27.5. The van der Waals surface area contributed by atoms with E-state index >= 15 is 0 Å². The Balaban J connectivity index is 1.99. The van der Waals surface area contributed by atoms with Crippen molar-refractivity contribution in [2.75, 3.05) is 39.9 Å². The molecule has 1 aliphatic heterocycles. The van der Waals surface area contributed by atoms with E-state index in [1.807, 2.05) is 0 Å². The van der Waals surface area contributed by atoms with Crippen LogP contribution in [0.1, 0.15) is 10.4 Å². The second kappa shape index (κ2) is 7.72. The monoisotopic (exact) mass is 343 g/mol. The minimum Gasteiger partial charge on any atom is -0.383 e. The molecule has 1 aromatic carbocycles. The molecular formula is C15H19ClFN3O3. The Bertz CT molecular complexity index is 571. The molecule has 8 heteroatoms. The molecule has 2 rings (SSSR count). The van der Waals surface area contributed by atoms with Crippen molar-refractivity contribution < 1.29 is 18.7 Å². The molecular weight excluding hydrogens is 325 g/mol. The topological polar surface area (TPSA) is 75.9 Å². The van der Waals surface area contributed by atoms with E-state index in [0.29, 0.717) is 26.2 Å². The lowest BCUT2D eigenvalue weighted by molar-refractivity contribution is -0.135. The molecule has 0 bridgehead atoms. The fourth-order valence-electron chi connectivity index (χ4n) is 2.48. The van der Waals surface area contributed by atoms with Crippen molar-refractivity contribution in [1.82, 2.24) is 9.80 Å². The molecule has 2 N–H and O–H groups in total. The summed E-state index contributed by atoms with van der Waals surface area (Å²) in [6.07, 6.45) is 0. The molecule has 2 amide bonds. The SMILES string of the molecule is COCC(N)C(=O)N1CCN(C(=O)c2c(F)cccc2Cl)CC1. The van der Waals surface area contributed by atoms with Crippen LogP contribution in [0.4, 0.5) is 4.39 Å². The second-order valence-corrected chi connectivity index (χ2v) is 5.68. The predicted molar refractivity (Wildman–Crippen MR) is 83.7 cm³/mol. The Labute approximate surface area is 138 Å². The number of carbonyl (C=O) groups is 2. The lowest BCUT2D eigenvalue weighted by Crippen LogP contribution is -2.55. The number of halogens is 2. The van der Waals surface area contributed by atoms with Gasteiger partial charge in [0.15, 0.2) is 0 Å². The summed E-state index contributed by atoms with van der Waals surface area (Å²) >= 11 is 5.92. The van der Waals surface area contributed by atoms with Crippen LogP contribution < -0.4 is 5.73 Å². The molecule has 1 aromatic rings. The number of amides is 2. The van der Waals surface area contributed by atoms with Crippen molar-refractivity contribution in [2.24, 2.45) is 5.73 Å². The van der Waals surface area contributed by atoms with Crippen LogP contribution in [0.25, 0.3) is 0 Å². The van der Waals surface area contributed by atoms with Crippen LogP contribution in [0, 0.1) is 5.82 Å². The van der Waals surface area contributed by atoms with Crippen LogP contribution in [0.15, 0.2) is 18.2 Å². The Kier molecular flexibility index (Phi) is 5.92. The first-order chi connectivity index (χ1) is 11.0. The molecule has 0 saturated carbocycles. The molecule has 126 valence electrons. The predicted octanol–water partition coefficient (Wildman–Crippen LogP) is 0.737. The Morgan fingerprint density at radius 2 is 1.91 bits per heavy atom. The molecule has 1 aliphatic rings. The molecule has 1 saturated heterocycles. The van der Waals surface area contributed by atoms with Crippen LogP contribution in [0.5, 0.6) is 0 Å². The minimum absolute atomic E-state index is 0.0793. The van der Waals surface area contributed by atoms with Gasteiger partial charge in [0.2, 0.25) is 5.91 Å². The number of hydrogen-bond acceptors (Lipinski definition) is 4. The zero-order valence-electron chi connectivity index (χ0n) is 12.8.